The van der Waals surface area contributed by atoms with Crippen LogP contribution in [0.3, 0.4) is 0 Å². The van der Waals surface area contributed by atoms with Crippen LogP contribution in [0.5, 0.6) is 0 Å². The zero-order valence-corrected chi connectivity index (χ0v) is 13.3. The summed E-state index contributed by atoms with van der Waals surface area (Å²) in [5, 5.41) is 4.78. The van der Waals surface area contributed by atoms with Gasteiger partial charge in [0.05, 0.1) is 16.3 Å². The van der Waals surface area contributed by atoms with Crippen LogP contribution in [0.2, 0.25) is 10.0 Å². The predicted octanol–water partition coefficient (Wildman–Crippen LogP) is 4.59. The molecular formula is C15H9Cl2F3N2O2. The maximum absolute atomic E-state index is 12.6. The molecule has 2 amide bonds. The van der Waals surface area contributed by atoms with Crippen LogP contribution in [0, 0.1) is 0 Å². The van der Waals surface area contributed by atoms with E-state index in [9.17, 15) is 22.8 Å². The molecule has 0 unspecified atom stereocenters. The van der Waals surface area contributed by atoms with Gasteiger partial charge >= 0.3 is 18.0 Å². The zero-order chi connectivity index (χ0) is 17.9. The van der Waals surface area contributed by atoms with Crippen LogP contribution in [-0.4, -0.2) is 11.8 Å². The Morgan fingerprint density at radius 1 is 0.917 bits per heavy atom. The SMILES string of the molecule is O=C(Nc1cccc(C(F)(F)F)c1)C(=O)Nc1ccc(Cl)cc1Cl. The van der Waals surface area contributed by atoms with Crippen LogP contribution in [0.15, 0.2) is 42.5 Å². The Hall–Kier alpha value is -2.25. The summed E-state index contributed by atoms with van der Waals surface area (Å²) in [6, 6.07) is 8.13. The lowest BCUT2D eigenvalue weighted by Gasteiger charge is -2.10. The van der Waals surface area contributed by atoms with Gasteiger partial charge in [0.2, 0.25) is 0 Å². The number of nitrogens with one attached hydrogen (secondary N) is 2. The second-order valence-electron chi connectivity index (χ2n) is 4.61. The summed E-state index contributed by atoms with van der Waals surface area (Å²) in [7, 11) is 0. The van der Waals surface area contributed by atoms with Gasteiger partial charge in [-0.25, -0.2) is 0 Å². The second-order valence-corrected chi connectivity index (χ2v) is 5.45. The maximum Gasteiger partial charge on any atom is 0.416 e. The lowest BCUT2D eigenvalue weighted by Crippen LogP contribution is -2.29. The van der Waals surface area contributed by atoms with Gasteiger partial charge in [-0.3, -0.25) is 9.59 Å². The summed E-state index contributed by atoms with van der Waals surface area (Å²) in [5.74, 6) is -2.23. The molecule has 0 aromatic heterocycles. The molecule has 24 heavy (non-hydrogen) atoms. The van der Waals surface area contributed by atoms with Crippen LogP contribution >= 0.6 is 23.2 Å². The number of anilines is 2. The monoisotopic (exact) mass is 376 g/mol. The normalized spacial score (nSPS) is 11.0. The number of rotatable bonds is 2. The van der Waals surface area contributed by atoms with E-state index in [2.05, 4.69) is 10.6 Å². The van der Waals surface area contributed by atoms with Crippen molar-refractivity contribution in [3.05, 3.63) is 58.1 Å². The molecular weight excluding hydrogens is 368 g/mol. The first-order valence-corrected chi connectivity index (χ1v) is 7.17. The van der Waals surface area contributed by atoms with E-state index in [1.54, 1.807) is 0 Å². The largest absolute Gasteiger partial charge is 0.416 e. The molecule has 0 bridgehead atoms. The van der Waals surface area contributed by atoms with Crippen molar-refractivity contribution < 1.29 is 22.8 Å². The Morgan fingerprint density at radius 3 is 2.21 bits per heavy atom. The summed E-state index contributed by atoms with van der Waals surface area (Å²) < 4.78 is 37.8. The number of carbonyl (C=O) groups is 2. The molecule has 0 spiro atoms. The van der Waals surface area contributed by atoms with Crippen LogP contribution < -0.4 is 10.6 Å². The number of halogens is 5. The summed E-state index contributed by atoms with van der Waals surface area (Å²) >= 11 is 11.6. The summed E-state index contributed by atoms with van der Waals surface area (Å²) in [4.78, 5) is 23.6. The Morgan fingerprint density at radius 2 is 1.58 bits per heavy atom. The molecule has 2 N–H and O–H groups in total. The number of hydrogen-bond donors (Lipinski definition) is 2. The van der Waals surface area contributed by atoms with Crippen molar-refractivity contribution in [2.45, 2.75) is 6.18 Å². The van der Waals surface area contributed by atoms with E-state index >= 15 is 0 Å². The summed E-state index contributed by atoms with van der Waals surface area (Å²) in [6.45, 7) is 0. The Kier molecular flexibility index (Phi) is 5.36. The van der Waals surface area contributed by atoms with Gasteiger partial charge in [-0.15, -0.1) is 0 Å². The van der Waals surface area contributed by atoms with Crippen molar-refractivity contribution in [1.29, 1.82) is 0 Å². The van der Waals surface area contributed by atoms with Gasteiger partial charge in [0.1, 0.15) is 0 Å². The van der Waals surface area contributed by atoms with Gasteiger partial charge in [0.25, 0.3) is 0 Å². The van der Waals surface area contributed by atoms with Gasteiger partial charge in [-0.2, -0.15) is 13.2 Å². The van der Waals surface area contributed by atoms with E-state index in [1.807, 2.05) is 0 Å². The Bertz CT molecular complexity index is 795. The van der Waals surface area contributed by atoms with E-state index in [1.165, 1.54) is 24.3 Å². The molecule has 2 aromatic carbocycles. The van der Waals surface area contributed by atoms with Crippen molar-refractivity contribution in [3.8, 4) is 0 Å². The minimum absolute atomic E-state index is 0.114. The lowest BCUT2D eigenvalue weighted by atomic mass is 10.2. The van der Waals surface area contributed by atoms with Crippen molar-refractivity contribution in [3.63, 3.8) is 0 Å². The average Bonchev–Trinajstić information content (AvgIpc) is 2.49. The molecule has 0 aliphatic heterocycles. The van der Waals surface area contributed by atoms with Gasteiger partial charge in [0.15, 0.2) is 0 Å². The first-order valence-electron chi connectivity index (χ1n) is 6.41. The molecule has 2 aromatic rings. The van der Waals surface area contributed by atoms with Gasteiger partial charge in [0, 0.05) is 10.7 Å². The summed E-state index contributed by atoms with van der Waals surface area (Å²) in [5.41, 5.74) is -0.959. The molecule has 9 heteroatoms. The third-order valence-electron chi connectivity index (χ3n) is 2.83. The smallest absolute Gasteiger partial charge is 0.318 e. The lowest BCUT2D eigenvalue weighted by molar-refractivity contribution is -0.137. The molecule has 0 saturated carbocycles. The van der Waals surface area contributed by atoms with Crippen molar-refractivity contribution in [2.75, 3.05) is 10.6 Å². The van der Waals surface area contributed by atoms with Gasteiger partial charge in [-0.05, 0) is 36.4 Å². The molecule has 126 valence electrons. The summed E-state index contributed by atoms with van der Waals surface area (Å²) in [6.07, 6.45) is -4.56. The quantitative estimate of drug-likeness (QED) is 0.753. The van der Waals surface area contributed by atoms with Gasteiger partial charge < -0.3 is 10.6 Å². The Balaban J connectivity index is 2.08. The highest BCUT2D eigenvalue weighted by Crippen LogP contribution is 2.30. The number of amides is 2. The highest BCUT2D eigenvalue weighted by molar-refractivity contribution is 6.45. The topological polar surface area (TPSA) is 58.2 Å². The molecule has 2 rings (SSSR count). The zero-order valence-electron chi connectivity index (χ0n) is 11.7. The molecule has 0 aliphatic rings. The third-order valence-corrected chi connectivity index (χ3v) is 3.38. The second kappa shape index (κ2) is 7.11. The average molecular weight is 377 g/mol. The van der Waals surface area contributed by atoms with E-state index in [-0.39, 0.29) is 16.4 Å². The van der Waals surface area contributed by atoms with Crippen LogP contribution in [-0.2, 0) is 15.8 Å². The molecule has 0 aliphatic carbocycles. The number of benzene rings is 2. The Labute approximate surface area is 144 Å². The third kappa shape index (κ3) is 4.62. The molecule has 4 nitrogen and oxygen atoms in total. The minimum Gasteiger partial charge on any atom is -0.318 e. The van der Waals surface area contributed by atoms with E-state index in [0.29, 0.717) is 5.02 Å². The highest BCUT2D eigenvalue weighted by atomic mass is 35.5. The fourth-order valence-electron chi connectivity index (χ4n) is 1.73. The first kappa shape index (κ1) is 18.1. The van der Waals surface area contributed by atoms with Crippen molar-refractivity contribution in [1.82, 2.24) is 0 Å². The van der Waals surface area contributed by atoms with Crippen LogP contribution in [0.4, 0.5) is 24.5 Å². The standard InChI is InChI=1S/C15H9Cl2F3N2O2/c16-9-4-5-12(11(17)7-9)22-14(24)13(23)21-10-3-1-2-8(6-10)15(18,19)20/h1-7H,(H,21,23)(H,22,24). The fourth-order valence-corrected chi connectivity index (χ4v) is 2.19. The first-order chi connectivity index (χ1) is 11.2. The molecule has 0 saturated heterocycles. The predicted molar refractivity (Wildman–Crippen MR) is 85.2 cm³/mol. The molecule has 0 heterocycles. The van der Waals surface area contributed by atoms with E-state index < -0.39 is 23.6 Å². The van der Waals surface area contributed by atoms with Gasteiger partial charge in [-0.1, -0.05) is 29.3 Å². The molecule has 0 radical (unpaired) electrons. The van der Waals surface area contributed by atoms with Crippen molar-refractivity contribution >= 4 is 46.4 Å². The number of alkyl halides is 3. The number of hydrogen-bond acceptors (Lipinski definition) is 2. The minimum atomic E-state index is -4.56. The van der Waals surface area contributed by atoms with Crippen molar-refractivity contribution in [2.24, 2.45) is 0 Å². The maximum atomic E-state index is 12.6. The fraction of sp³-hybridized carbons (Fsp3) is 0.0667. The number of carbonyl (C=O) groups excluding carboxylic acids is 2. The molecule has 0 fully saturated rings. The van der Waals surface area contributed by atoms with E-state index in [0.717, 1.165) is 18.2 Å². The van der Waals surface area contributed by atoms with Crippen LogP contribution in [0.25, 0.3) is 0 Å². The van der Waals surface area contributed by atoms with Crippen LogP contribution in [0.1, 0.15) is 5.56 Å². The molecule has 0 atom stereocenters. The highest BCUT2D eigenvalue weighted by Gasteiger charge is 2.30. The van der Waals surface area contributed by atoms with E-state index in [4.69, 9.17) is 23.2 Å².